The van der Waals surface area contributed by atoms with Crippen molar-refractivity contribution < 1.29 is 14.3 Å². The summed E-state index contributed by atoms with van der Waals surface area (Å²) in [6.07, 6.45) is 3.79. The zero-order valence-corrected chi connectivity index (χ0v) is 11.1. The van der Waals surface area contributed by atoms with Crippen molar-refractivity contribution in [1.82, 2.24) is 5.32 Å². The van der Waals surface area contributed by atoms with Crippen LogP contribution in [0.4, 0.5) is 0 Å². The number of carbonyl (C=O) groups excluding carboxylic acids is 1. The van der Waals surface area contributed by atoms with Crippen molar-refractivity contribution in [2.24, 2.45) is 0 Å². The van der Waals surface area contributed by atoms with Gasteiger partial charge in [-0.25, -0.2) is 0 Å². The van der Waals surface area contributed by atoms with E-state index in [2.05, 4.69) is 5.32 Å². The second kappa shape index (κ2) is 3.67. The number of Topliss-reactive ketones (excluding diaryl/α,β-unsaturated/α-hetero) is 1. The van der Waals surface area contributed by atoms with Crippen LogP contribution in [0.3, 0.4) is 0 Å². The van der Waals surface area contributed by atoms with E-state index in [1.54, 1.807) is 0 Å². The molecule has 0 unspecified atom stereocenters. The molecule has 0 saturated heterocycles. The molecular formula is C17H11NO3. The number of ketones is 1. The molecule has 2 aromatic rings. The third-order valence-electron chi connectivity index (χ3n) is 4.27. The molecule has 0 saturated carbocycles. The van der Waals surface area contributed by atoms with Gasteiger partial charge in [0.15, 0.2) is 17.3 Å². The van der Waals surface area contributed by atoms with E-state index in [9.17, 15) is 4.79 Å². The number of nitrogens with one attached hydrogen (secondary N) is 1. The van der Waals surface area contributed by atoms with Crippen molar-refractivity contribution in [2.45, 2.75) is 6.04 Å². The monoisotopic (exact) mass is 277 g/mol. The van der Waals surface area contributed by atoms with Gasteiger partial charge in [-0.3, -0.25) is 4.79 Å². The predicted molar refractivity (Wildman–Crippen MR) is 77.2 cm³/mol. The first-order valence-electron chi connectivity index (χ1n) is 6.87. The van der Waals surface area contributed by atoms with Gasteiger partial charge in [-0.05, 0) is 29.5 Å². The summed E-state index contributed by atoms with van der Waals surface area (Å²) in [5.74, 6) is 1.59. The van der Waals surface area contributed by atoms with Gasteiger partial charge in [-0.1, -0.05) is 24.3 Å². The molecule has 0 aromatic heterocycles. The van der Waals surface area contributed by atoms with Crippen molar-refractivity contribution in [2.75, 3.05) is 6.79 Å². The second-order valence-electron chi connectivity index (χ2n) is 5.33. The van der Waals surface area contributed by atoms with Crippen LogP contribution in [0.25, 0.3) is 17.2 Å². The highest BCUT2D eigenvalue weighted by atomic mass is 16.7. The lowest BCUT2D eigenvalue weighted by atomic mass is 9.78. The van der Waals surface area contributed by atoms with Crippen molar-refractivity contribution in [3.8, 4) is 22.6 Å². The maximum atomic E-state index is 12.7. The Hall–Kier alpha value is -2.75. The van der Waals surface area contributed by atoms with Gasteiger partial charge in [-0.2, -0.15) is 0 Å². The predicted octanol–water partition coefficient (Wildman–Crippen LogP) is 2.89. The van der Waals surface area contributed by atoms with Gasteiger partial charge in [0.2, 0.25) is 6.79 Å². The number of hydrogen-bond acceptors (Lipinski definition) is 4. The zero-order chi connectivity index (χ0) is 14.0. The third-order valence-corrected chi connectivity index (χ3v) is 4.27. The number of rotatable bonds is 0. The van der Waals surface area contributed by atoms with Gasteiger partial charge in [0.25, 0.3) is 0 Å². The Kier molecular flexibility index (Phi) is 1.91. The Morgan fingerprint density at radius 2 is 2.00 bits per heavy atom. The first-order valence-corrected chi connectivity index (χ1v) is 6.87. The van der Waals surface area contributed by atoms with Crippen LogP contribution in [-0.2, 0) is 0 Å². The van der Waals surface area contributed by atoms with Crippen LogP contribution < -0.4 is 14.8 Å². The SMILES string of the molecule is O=C1c2ccccc2-c2c3c(cc4c2[C@@H]1NC=C4)OCO3. The molecular weight excluding hydrogens is 266 g/mol. The first-order chi connectivity index (χ1) is 10.3. The molecule has 102 valence electrons. The van der Waals surface area contributed by atoms with Gasteiger partial charge in [0, 0.05) is 16.7 Å². The van der Waals surface area contributed by atoms with Gasteiger partial charge in [0.05, 0.1) is 0 Å². The average molecular weight is 277 g/mol. The molecule has 2 heterocycles. The van der Waals surface area contributed by atoms with E-state index in [1.807, 2.05) is 42.6 Å². The largest absolute Gasteiger partial charge is 0.454 e. The highest BCUT2D eigenvalue weighted by molar-refractivity contribution is 6.12. The highest BCUT2D eigenvalue weighted by Gasteiger charge is 2.38. The summed E-state index contributed by atoms with van der Waals surface area (Å²) in [4.78, 5) is 12.7. The van der Waals surface area contributed by atoms with E-state index >= 15 is 0 Å². The van der Waals surface area contributed by atoms with Crippen LogP contribution in [0.2, 0.25) is 0 Å². The normalized spacial score (nSPS) is 19.8. The molecule has 21 heavy (non-hydrogen) atoms. The number of benzene rings is 2. The molecule has 4 nitrogen and oxygen atoms in total. The Bertz CT molecular complexity index is 838. The van der Waals surface area contributed by atoms with Gasteiger partial charge in [0.1, 0.15) is 6.04 Å². The minimum absolute atomic E-state index is 0.0996. The first kappa shape index (κ1) is 11.0. The maximum Gasteiger partial charge on any atom is 0.231 e. The van der Waals surface area contributed by atoms with Crippen LogP contribution in [0.1, 0.15) is 27.5 Å². The van der Waals surface area contributed by atoms with Gasteiger partial charge < -0.3 is 14.8 Å². The Morgan fingerprint density at radius 1 is 1.14 bits per heavy atom. The fourth-order valence-electron chi connectivity index (χ4n) is 3.39. The number of fused-ring (bicyclic) bond motifs is 4. The number of carbonyl (C=O) groups is 1. The maximum absolute atomic E-state index is 12.7. The Labute approximate surface area is 121 Å². The molecule has 1 aliphatic carbocycles. The summed E-state index contributed by atoms with van der Waals surface area (Å²) in [6, 6.07) is 9.29. The van der Waals surface area contributed by atoms with Crippen LogP contribution >= 0.6 is 0 Å². The molecule has 0 spiro atoms. The fourth-order valence-corrected chi connectivity index (χ4v) is 3.39. The summed E-state index contributed by atoms with van der Waals surface area (Å²) < 4.78 is 11.2. The van der Waals surface area contributed by atoms with E-state index in [-0.39, 0.29) is 18.6 Å². The van der Waals surface area contributed by atoms with Crippen molar-refractivity contribution in [3.63, 3.8) is 0 Å². The molecule has 3 aliphatic rings. The van der Waals surface area contributed by atoms with Crippen LogP contribution in [0.5, 0.6) is 11.5 Å². The topological polar surface area (TPSA) is 47.6 Å². The molecule has 2 aromatic carbocycles. The molecule has 0 radical (unpaired) electrons. The molecule has 4 heteroatoms. The van der Waals surface area contributed by atoms with Gasteiger partial charge >= 0.3 is 0 Å². The summed E-state index contributed by atoms with van der Waals surface area (Å²) in [7, 11) is 0. The Balaban J connectivity index is 1.96. The molecule has 1 atom stereocenters. The smallest absolute Gasteiger partial charge is 0.231 e. The molecule has 0 fully saturated rings. The van der Waals surface area contributed by atoms with Crippen LogP contribution in [0.15, 0.2) is 36.5 Å². The summed E-state index contributed by atoms with van der Waals surface area (Å²) >= 11 is 0. The summed E-state index contributed by atoms with van der Waals surface area (Å²) in [5, 5.41) is 3.17. The van der Waals surface area contributed by atoms with E-state index in [1.165, 1.54) is 0 Å². The molecule has 2 aliphatic heterocycles. The molecule has 0 bridgehead atoms. The highest BCUT2D eigenvalue weighted by Crippen LogP contribution is 2.52. The van der Waals surface area contributed by atoms with Gasteiger partial charge in [-0.15, -0.1) is 0 Å². The Morgan fingerprint density at radius 3 is 2.90 bits per heavy atom. The summed E-state index contributed by atoms with van der Waals surface area (Å²) in [6.45, 7) is 0.225. The quantitative estimate of drug-likeness (QED) is 0.804. The molecule has 0 amide bonds. The van der Waals surface area contributed by atoms with Crippen molar-refractivity contribution in [1.29, 1.82) is 0 Å². The number of hydrogen-bond donors (Lipinski definition) is 1. The lowest BCUT2D eigenvalue weighted by Crippen LogP contribution is -2.31. The second-order valence-corrected chi connectivity index (χ2v) is 5.33. The molecule has 1 N–H and O–H groups in total. The standard InChI is InChI=1S/C17H11NO3/c19-16-11-4-2-1-3-10(11)14-13-9(5-6-18-15(13)16)7-12-17(14)21-8-20-12/h1-7,15,18H,8H2/t15-/m0/s1. The van der Waals surface area contributed by atoms with Crippen molar-refractivity contribution in [3.05, 3.63) is 53.2 Å². The number of ether oxygens (including phenoxy) is 2. The minimum Gasteiger partial charge on any atom is -0.454 e. The van der Waals surface area contributed by atoms with E-state index in [0.717, 1.165) is 39.3 Å². The average Bonchev–Trinajstić information content (AvgIpc) is 2.99. The lowest BCUT2D eigenvalue weighted by molar-refractivity contribution is 0.0947. The van der Waals surface area contributed by atoms with Crippen LogP contribution in [0, 0.1) is 0 Å². The lowest BCUT2D eigenvalue weighted by Gasteiger charge is -2.31. The van der Waals surface area contributed by atoms with E-state index in [4.69, 9.17) is 9.47 Å². The third kappa shape index (κ3) is 1.27. The van der Waals surface area contributed by atoms with E-state index in [0.29, 0.717) is 0 Å². The fraction of sp³-hybridized carbons (Fsp3) is 0.118. The van der Waals surface area contributed by atoms with E-state index < -0.39 is 0 Å². The molecule has 5 rings (SSSR count). The minimum atomic E-state index is -0.343. The summed E-state index contributed by atoms with van der Waals surface area (Å²) in [5.41, 5.74) is 4.64. The van der Waals surface area contributed by atoms with Crippen LogP contribution in [-0.4, -0.2) is 12.6 Å². The zero-order valence-electron chi connectivity index (χ0n) is 11.1. The van der Waals surface area contributed by atoms with Crippen molar-refractivity contribution >= 4 is 11.9 Å².